The van der Waals surface area contributed by atoms with Crippen LogP contribution in [0.2, 0.25) is 0 Å². The number of hydrogen-bond acceptors (Lipinski definition) is 5. The van der Waals surface area contributed by atoms with Crippen LogP contribution in [0.3, 0.4) is 0 Å². The van der Waals surface area contributed by atoms with Crippen molar-refractivity contribution in [2.24, 2.45) is 0 Å². The van der Waals surface area contributed by atoms with Crippen LogP contribution in [-0.2, 0) is 16.6 Å². The van der Waals surface area contributed by atoms with Gasteiger partial charge >= 0.3 is 0 Å². The molecule has 23 heavy (non-hydrogen) atoms. The third-order valence-electron chi connectivity index (χ3n) is 4.20. The van der Waals surface area contributed by atoms with E-state index in [1.54, 1.807) is 18.6 Å². The summed E-state index contributed by atoms with van der Waals surface area (Å²) in [6, 6.07) is 0. The molecule has 2 aromatic heterocycles. The van der Waals surface area contributed by atoms with Gasteiger partial charge in [0.1, 0.15) is 0 Å². The van der Waals surface area contributed by atoms with Crippen LogP contribution in [0.4, 0.5) is 0 Å². The Hall–Kier alpha value is -1.80. The molecule has 0 aliphatic carbocycles. The van der Waals surface area contributed by atoms with E-state index in [0.717, 1.165) is 36.3 Å². The first-order valence-electron chi connectivity index (χ1n) is 7.77. The van der Waals surface area contributed by atoms with Gasteiger partial charge in [-0.15, -0.1) is 0 Å². The Bertz CT molecular complexity index is 769. The second kappa shape index (κ2) is 6.37. The van der Waals surface area contributed by atoms with E-state index in [1.165, 1.54) is 10.6 Å². The molecule has 0 radical (unpaired) electrons. The Balaban J connectivity index is 1.76. The Morgan fingerprint density at radius 1 is 1.26 bits per heavy atom. The van der Waals surface area contributed by atoms with E-state index in [0.29, 0.717) is 13.1 Å². The van der Waals surface area contributed by atoms with Gasteiger partial charge in [0.15, 0.2) is 0 Å². The van der Waals surface area contributed by atoms with Gasteiger partial charge in [0, 0.05) is 43.5 Å². The average Bonchev–Trinajstić information content (AvgIpc) is 3.03. The van der Waals surface area contributed by atoms with Crippen LogP contribution in [0.15, 0.2) is 24.8 Å². The molecule has 3 heterocycles. The van der Waals surface area contributed by atoms with Crippen LogP contribution in [0.25, 0.3) is 11.3 Å². The first-order valence-corrected chi connectivity index (χ1v) is 9.62. The molecule has 1 aliphatic rings. The predicted molar refractivity (Wildman–Crippen MR) is 87.3 cm³/mol. The van der Waals surface area contributed by atoms with Crippen molar-refractivity contribution in [2.45, 2.75) is 32.2 Å². The maximum absolute atomic E-state index is 11.7. The van der Waals surface area contributed by atoms with Crippen LogP contribution in [0.1, 0.15) is 31.4 Å². The van der Waals surface area contributed by atoms with Gasteiger partial charge in [-0.25, -0.2) is 12.7 Å². The van der Waals surface area contributed by atoms with E-state index in [9.17, 15) is 8.42 Å². The molecule has 3 rings (SSSR count). The minimum absolute atomic E-state index is 0.110. The lowest BCUT2D eigenvalue weighted by molar-refractivity contribution is 0.314. The van der Waals surface area contributed by atoms with Crippen LogP contribution < -0.4 is 0 Å². The third kappa shape index (κ3) is 3.59. The average molecular weight is 335 g/mol. The van der Waals surface area contributed by atoms with E-state index in [1.807, 2.05) is 17.8 Å². The molecule has 1 atom stereocenters. The normalized spacial score (nSPS) is 19.8. The van der Waals surface area contributed by atoms with Crippen molar-refractivity contribution in [3.63, 3.8) is 0 Å². The molecule has 2 aromatic rings. The number of hydrogen-bond donors (Lipinski definition) is 0. The minimum Gasteiger partial charge on any atom is -0.272 e. The molecule has 0 N–H and O–H groups in total. The van der Waals surface area contributed by atoms with Crippen molar-refractivity contribution < 1.29 is 8.42 Å². The Morgan fingerprint density at radius 2 is 2.09 bits per heavy atom. The molecule has 1 fully saturated rings. The number of rotatable bonds is 4. The molecule has 124 valence electrons. The first-order chi connectivity index (χ1) is 11.0. The zero-order valence-corrected chi connectivity index (χ0v) is 14.2. The van der Waals surface area contributed by atoms with E-state index in [4.69, 9.17) is 0 Å². The molecule has 0 aromatic carbocycles. The monoisotopic (exact) mass is 335 g/mol. The first kappa shape index (κ1) is 16.1. The lowest BCUT2D eigenvalue weighted by Crippen LogP contribution is -2.38. The van der Waals surface area contributed by atoms with Gasteiger partial charge in [-0.3, -0.25) is 14.6 Å². The maximum Gasteiger partial charge on any atom is 0.211 e. The van der Waals surface area contributed by atoms with E-state index in [2.05, 4.69) is 15.1 Å². The summed E-state index contributed by atoms with van der Waals surface area (Å²) < 4.78 is 26.8. The quantitative estimate of drug-likeness (QED) is 0.846. The maximum atomic E-state index is 11.7. The number of sulfonamides is 1. The number of aryl methyl sites for hydroxylation is 1. The zero-order valence-electron chi connectivity index (χ0n) is 13.4. The zero-order chi connectivity index (χ0) is 16.4. The highest BCUT2D eigenvalue weighted by Gasteiger charge is 2.27. The van der Waals surface area contributed by atoms with Gasteiger partial charge < -0.3 is 0 Å². The van der Waals surface area contributed by atoms with Gasteiger partial charge in [0.05, 0.1) is 30.0 Å². The van der Waals surface area contributed by atoms with E-state index < -0.39 is 10.0 Å². The summed E-state index contributed by atoms with van der Waals surface area (Å²) in [6.07, 6.45) is 10.3. The second-order valence-electron chi connectivity index (χ2n) is 5.87. The van der Waals surface area contributed by atoms with Gasteiger partial charge in [0.2, 0.25) is 10.0 Å². The van der Waals surface area contributed by atoms with Crippen molar-refractivity contribution >= 4 is 10.0 Å². The summed E-state index contributed by atoms with van der Waals surface area (Å²) in [6.45, 7) is 3.93. The van der Waals surface area contributed by atoms with Gasteiger partial charge in [-0.05, 0) is 19.8 Å². The fourth-order valence-corrected chi connectivity index (χ4v) is 3.76. The summed E-state index contributed by atoms with van der Waals surface area (Å²) in [5.74, 6) is 0.110. The lowest BCUT2D eigenvalue weighted by Gasteiger charge is -2.30. The van der Waals surface area contributed by atoms with Crippen LogP contribution in [0, 0.1) is 0 Å². The molecule has 8 heteroatoms. The number of aromatic nitrogens is 4. The highest BCUT2D eigenvalue weighted by Crippen LogP contribution is 2.27. The molecule has 0 bridgehead atoms. The van der Waals surface area contributed by atoms with E-state index >= 15 is 0 Å². The summed E-state index contributed by atoms with van der Waals surface area (Å²) >= 11 is 0. The Morgan fingerprint density at radius 3 is 2.70 bits per heavy atom. The van der Waals surface area contributed by atoms with Gasteiger partial charge in [0.25, 0.3) is 0 Å². The highest BCUT2D eigenvalue weighted by molar-refractivity contribution is 7.88. The molecular formula is C15H21N5O2S. The summed E-state index contributed by atoms with van der Waals surface area (Å²) in [4.78, 5) is 8.98. The minimum atomic E-state index is -3.14. The number of nitrogens with zero attached hydrogens (tertiary/aromatic N) is 5. The van der Waals surface area contributed by atoms with Crippen molar-refractivity contribution in [3.8, 4) is 11.3 Å². The fourth-order valence-electron chi connectivity index (χ4n) is 2.85. The molecule has 1 aliphatic heterocycles. The summed E-state index contributed by atoms with van der Waals surface area (Å²) in [5.41, 5.74) is 2.57. The van der Waals surface area contributed by atoms with Gasteiger partial charge in [-0.2, -0.15) is 5.10 Å². The topological polar surface area (TPSA) is 81.0 Å². The second-order valence-corrected chi connectivity index (χ2v) is 7.85. The van der Waals surface area contributed by atoms with Gasteiger partial charge in [-0.1, -0.05) is 0 Å². The molecule has 0 amide bonds. The molecule has 1 saturated heterocycles. The SMILES string of the molecule is CCn1cc(-c2cnc([C@@H]3CCCN(S(C)(=O)=O)C3)cn2)cn1. The van der Waals surface area contributed by atoms with Crippen molar-refractivity contribution in [2.75, 3.05) is 19.3 Å². The van der Waals surface area contributed by atoms with Crippen LogP contribution >= 0.6 is 0 Å². The Kier molecular flexibility index (Phi) is 4.45. The van der Waals surface area contributed by atoms with Crippen molar-refractivity contribution in [1.82, 2.24) is 24.1 Å². The largest absolute Gasteiger partial charge is 0.272 e. The fraction of sp³-hybridized carbons (Fsp3) is 0.533. The van der Waals surface area contributed by atoms with Crippen molar-refractivity contribution in [3.05, 3.63) is 30.5 Å². The standard InChI is InChI=1S/C15H21N5O2S/c1-3-19-10-13(7-18-19)15-9-16-14(8-17-15)12-5-4-6-20(11-12)23(2,21)22/h7-10,12H,3-6,11H2,1-2H3/t12-/m1/s1. The van der Waals surface area contributed by atoms with Crippen LogP contribution in [0.5, 0.6) is 0 Å². The Labute approximate surface area is 136 Å². The molecule has 0 unspecified atom stereocenters. The summed E-state index contributed by atoms with van der Waals surface area (Å²) in [5, 5.41) is 4.24. The molecule has 7 nitrogen and oxygen atoms in total. The molecule has 0 saturated carbocycles. The third-order valence-corrected chi connectivity index (χ3v) is 5.47. The number of piperidine rings is 1. The predicted octanol–water partition coefficient (Wildman–Crippen LogP) is 1.50. The smallest absolute Gasteiger partial charge is 0.211 e. The lowest BCUT2D eigenvalue weighted by atomic mass is 9.96. The van der Waals surface area contributed by atoms with Crippen molar-refractivity contribution in [1.29, 1.82) is 0 Å². The summed E-state index contributed by atoms with van der Waals surface area (Å²) in [7, 11) is -3.14. The molecule has 0 spiro atoms. The molecular weight excluding hydrogens is 314 g/mol. The highest BCUT2D eigenvalue weighted by atomic mass is 32.2. The van der Waals surface area contributed by atoms with Crippen LogP contribution in [-0.4, -0.2) is 51.8 Å². The van der Waals surface area contributed by atoms with E-state index in [-0.39, 0.29) is 5.92 Å².